The summed E-state index contributed by atoms with van der Waals surface area (Å²) in [6.07, 6.45) is 56.8. The van der Waals surface area contributed by atoms with Crippen LogP contribution in [-0.2, 0) is 24.3 Å². The Bertz CT molecular complexity index is 1740. The first-order chi connectivity index (χ1) is 28.6. The zero-order valence-electron chi connectivity index (χ0n) is 34.4. The average Bonchev–Trinajstić information content (AvgIpc) is 3.27. The molecule has 1 amide bonds. The van der Waals surface area contributed by atoms with Crippen molar-refractivity contribution in [3.8, 4) is 0 Å². The van der Waals surface area contributed by atoms with Gasteiger partial charge in [-0.3, -0.25) is 4.79 Å². The fourth-order valence-corrected chi connectivity index (χ4v) is 9.42. The molecule has 0 aromatic carbocycles. The second-order valence-electron chi connectivity index (χ2n) is 16.5. The van der Waals surface area contributed by atoms with Gasteiger partial charge in [-0.25, -0.2) is 0 Å². The summed E-state index contributed by atoms with van der Waals surface area (Å²) in [5, 5.41) is 29.5. The predicted octanol–water partition coefficient (Wildman–Crippen LogP) is 13.7. The van der Waals surface area contributed by atoms with Crippen molar-refractivity contribution in [3.63, 3.8) is 0 Å². The van der Waals surface area contributed by atoms with Gasteiger partial charge in [-0.2, -0.15) is 59.5 Å². The third-order valence-electron chi connectivity index (χ3n) is 12.1. The second kappa shape index (κ2) is 23.3. The van der Waals surface area contributed by atoms with Gasteiger partial charge in [0, 0.05) is 12.5 Å². The van der Waals surface area contributed by atoms with Crippen molar-refractivity contribution in [3.05, 3.63) is 200 Å². The molecule has 6 aliphatic heterocycles. The molecule has 0 radical (unpaired) electrons. The number of hydrogen-bond donors (Lipinski definition) is 1. The van der Waals surface area contributed by atoms with E-state index < -0.39 is 0 Å². The molecule has 4 fully saturated rings. The Morgan fingerprint density at radius 1 is 0.644 bits per heavy atom. The first-order valence-electron chi connectivity index (χ1n) is 21.6. The third-order valence-corrected chi connectivity index (χ3v) is 12.1. The summed E-state index contributed by atoms with van der Waals surface area (Å²) in [7, 11) is 0. The standard InChI is InChI=1S/C30H43N3O.2C10H8N2.Ru/c1-21-10-12-31-27(14-21)28-20-22(11-13-32-28)8-6-4-2-3-5-7-9-29(34)33-30-25-16-23-15-24(18-25)19-26(30)17-23;2*1-3-7-11-9(5-1)10-6-2-4-8-12-10;/h8,11,13-14,20,23-27,30H,2-7,9-10,12,15-19H2,1H3,(H,33,34);2*1-8H;/q3*-2;+8. The number of allylic oxidation sites excluding steroid dienone is 16. The molecule has 306 valence electrons. The maximum Gasteiger partial charge on any atom is 8.00 e. The quantitative estimate of drug-likeness (QED) is 0.131. The van der Waals surface area contributed by atoms with E-state index in [1.807, 2.05) is 79.1 Å². The minimum absolute atomic E-state index is 0. The van der Waals surface area contributed by atoms with E-state index in [0.717, 1.165) is 84.4 Å². The van der Waals surface area contributed by atoms with Gasteiger partial charge in [0.25, 0.3) is 0 Å². The molecule has 0 aromatic rings. The van der Waals surface area contributed by atoms with Gasteiger partial charge in [0.2, 0.25) is 5.91 Å². The van der Waals surface area contributed by atoms with E-state index in [0.29, 0.717) is 11.9 Å². The zero-order valence-corrected chi connectivity index (χ0v) is 36.2. The Kier molecular flexibility index (Phi) is 17.3. The molecule has 4 bridgehead atoms. The van der Waals surface area contributed by atoms with Crippen LogP contribution < -0.4 is 5.32 Å². The van der Waals surface area contributed by atoms with Crippen LogP contribution in [0.5, 0.6) is 0 Å². The van der Waals surface area contributed by atoms with Crippen molar-refractivity contribution in [1.29, 1.82) is 0 Å². The summed E-state index contributed by atoms with van der Waals surface area (Å²) in [6.45, 7) is 3.10. The number of hydrogen-bond acceptors (Lipinski definition) is 1. The summed E-state index contributed by atoms with van der Waals surface area (Å²) in [4.78, 5) is 12.6. The van der Waals surface area contributed by atoms with Crippen LogP contribution >= 0.6 is 0 Å². The maximum atomic E-state index is 12.6. The molecule has 0 saturated heterocycles. The minimum Gasteiger partial charge on any atom is -0.668 e. The molecule has 4 saturated carbocycles. The summed E-state index contributed by atoms with van der Waals surface area (Å²) in [5.41, 5.74) is 7.41. The van der Waals surface area contributed by atoms with Crippen LogP contribution in [0.3, 0.4) is 0 Å². The smallest absolute Gasteiger partial charge is 0.668 e. The van der Waals surface area contributed by atoms with Gasteiger partial charge in [0.15, 0.2) is 0 Å². The number of carbonyl (C=O) groups excluding carboxylic acids is 1. The minimum atomic E-state index is 0. The van der Waals surface area contributed by atoms with Crippen molar-refractivity contribution in [2.75, 3.05) is 6.54 Å². The van der Waals surface area contributed by atoms with Gasteiger partial charge in [-0.1, -0.05) is 122 Å². The second-order valence-corrected chi connectivity index (χ2v) is 16.5. The van der Waals surface area contributed by atoms with Gasteiger partial charge in [0.05, 0.1) is 0 Å². The van der Waals surface area contributed by atoms with Gasteiger partial charge in [0.1, 0.15) is 0 Å². The molecular formula is C50H59N7ORu+2. The molecule has 8 nitrogen and oxygen atoms in total. The van der Waals surface area contributed by atoms with Gasteiger partial charge in [-0.05, 0) is 87.5 Å². The molecule has 1 unspecified atom stereocenters. The first-order valence-corrected chi connectivity index (χ1v) is 21.6. The summed E-state index contributed by atoms with van der Waals surface area (Å²) >= 11 is 0. The maximum absolute atomic E-state index is 12.6. The summed E-state index contributed by atoms with van der Waals surface area (Å²) in [5.74, 6) is 3.83. The van der Waals surface area contributed by atoms with Crippen LogP contribution in [0, 0.1) is 23.7 Å². The Labute approximate surface area is 366 Å². The number of unbranched alkanes of at least 4 members (excludes halogenated alkanes) is 5. The number of rotatable bonds is 10. The zero-order chi connectivity index (χ0) is 39.8. The van der Waals surface area contributed by atoms with E-state index in [2.05, 4.69) is 63.1 Å². The number of nitrogens with one attached hydrogen (secondary N) is 1. The molecule has 10 rings (SSSR count). The van der Waals surface area contributed by atoms with E-state index in [1.165, 1.54) is 68.9 Å². The molecule has 9 heteroatoms. The topological polar surface area (TPSA) is 114 Å². The van der Waals surface area contributed by atoms with E-state index in [4.69, 9.17) is 5.32 Å². The number of carbonyl (C=O) groups is 1. The van der Waals surface area contributed by atoms with E-state index in [1.54, 1.807) is 24.8 Å². The Hall–Kier alpha value is -4.59. The normalized spacial score (nSPS) is 30.6. The molecule has 0 spiro atoms. The monoisotopic (exact) mass is 875 g/mol. The fraction of sp³-hybridized carbons (Fsp3) is 0.420. The summed E-state index contributed by atoms with van der Waals surface area (Å²) < 4.78 is 0. The number of nitrogens with zero attached hydrogens (tertiary/aromatic N) is 6. The van der Waals surface area contributed by atoms with Crippen LogP contribution in [-0.4, -0.2) is 24.5 Å². The van der Waals surface area contributed by atoms with Crippen LogP contribution in [0.1, 0.15) is 90.4 Å². The van der Waals surface area contributed by atoms with Crippen LogP contribution in [0.4, 0.5) is 0 Å². The van der Waals surface area contributed by atoms with Crippen LogP contribution in [0.15, 0.2) is 168 Å². The molecule has 1 atom stereocenters. The van der Waals surface area contributed by atoms with Crippen molar-refractivity contribution < 1.29 is 24.3 Å². The molecular weight excluding hydrogens is 816 g/mol. The Morgan fingerprint density at radius 2 is 1.17 bits per heavy atom. The average molecular weight is 875 g/mol. The molecule has 1 N–H and O–H groups in total. The number of amides is 1. The predicted molar refractivity (Wildman–Crippen MR) is 241 cm³/mol. The van der Waals surface area contributed by atoms with E-state index >= 15 is 0 Å². The van der Waals surface area contributed by atoms with Crippen molar-refractivity contribution in [2.45, 2.75) is 102 Å². The van der Waals surface area contributed by atoms with Crippen molar-refractivity contribution in [2.24, 2.45) is 23.7 Å². The molecule has 59 heavy (non-hydrogen) atoms. The van der Waals surface area contributed by atoms with E-state index in [-0.39, 0.29) is 25.5 Å². The first kappa shape index (κ1) is 44.0. The third kappa shape index (κ3) is 13.5. The van der Waals surface area contributed by atoms with Gasteiger partial charge < -0.3 is 37.2 Å². The van der Waals surface area contributed by atoms with Crippen LogP contribution in [0.25, 0.3) is 31.9 Å². The molecule has 4 aliphatic carbocycles. The van der Waals surface area contributed by atoms with Gasteiger partial charge >= 0.3 is 19.5 Å². The Morgan fingerprint density at radius 3 is 1.68 bits per heavy atom. The Balaban J connectivity index is 0.000000190. The van der Waals surface area contributed by atoms with Crippen LogP contribution in [0.2, 0.25) is 0 Å². The molecule has 6 heterocycles. The van der Waals surface area contributed by atoms with E-state index in [9.17, 15) is 4.79 Å². The van der Waals surface area contributed by atoms with Crippen molar-refractivity contribution >= 4 is 5.91 Å². The SMILES string of the molecule is C1=C[N-]C(=C2C=CC=C[N-]2)C=C1.C1=C[N-]C(=C2C=CC=C[N-]2)C=C1.CC1=CC(C2=CC(=CCCCCCCCC(=O)NC3C4CC5CC(C4)CC3C5)C=C[N-]2)[N-]CC1.[Ru+8]. The van der Waals surface area contributed by atoms with Gasteiger partial charge in [-0.15, -0.1) is 18.7 Å². The molecule has 0 aromatic heterocycles. The fourth-order valence-electron chi connectivity index (χ4n) is 9.42. The molecule has 10 aliphatic rings. The summed E-state index contributed by atoms with van der Waals surface area (Å²) in [6, 6.07) is 0.624. The van der Waals surface area contributed by atoms with Crippen molar-refractivity contribution in [1.82, 2.24) is 5.32 Å². The largest absolute Gasteiger partial charge is 8.00 e.